The highest BCUT2D eigenvalue weighted by Crippen LogP contribution is 2.36. The van der Waals surface area contributed by atoms with Crippen molar-refractivity contribution in [1.29, 1.82) is 0 Å². The normalized spacial score (nSPS) is 14.9. The van der Waals surface area contributed by atoms with Crippen LogP contribution < -0.4 is 9.64 Å². The molecule has 0 aliphatic carbocycles. The van der Waals surface area contributed by atoms with Crippen LogP contribution in [-0.4, -0.2) is 36.2 Å². The highest BCUT2D eigenvalue weighted by Gasteiger charge is 2.32. The second-order valence-electron chi connectivity index (χ2n) is 4.48. The average molecular weight is 266 g/mol. The molecule has 1 aliphatic heterocycles. The zero-order chi connectivity index (χ0) is 14.0. The number of carboxylic acids is 1. The second-order valence-corrected chi connectivity index (χ2v) is 4.48. The first-order chi connectivity index (χ1) is 9.01. The number of hydrogen-bond acceptors (Lipinski definition) is 5. The van der Waals surface area contributed by atoms with Gasteiger partial charge in [0.25, 0.3) is 5.69 Å². The van der Waals surface area contributed by atoms with Crippen molar-refractivity contribution in [3.8, 4) is 5.75 Å². The standard InChI is InChI=1S/C12H14N2O5/c1-19-9-2-3-10(11(5-9)14(17)18)13-6-8(7-13)4-12(15)16/h2-3,5,8H,4,6-7H2,1H3,(H,15,16). The van der Waals surface area contributed by atoms with Gasteiger partial charge in [-0.15, -0.1) is 0 Å². The highest BCUT2D eigenvalue weighted by molar-refractivity contribution is 5.70. The quantitative estimate of drug-likeness (QED) is 0.641. The molecule has 0 bridgehead atoms. The van der Waals surface area contributed by atoms with Gasteiger partial charge in [-0.25, -0.2) is 0 Å². The monoisotopic (exact) mass is 266 g/mol. The molecule has 0 spiro atoms. The van der Waals surface area contributed by atoms with Crippen molar-refractivity contribution < 1.29 is 19.6 Å². The van der Waals surface area contributed by atoms with Crippen molar-refractivity contribution in [2.75, 3.05) is 25.1 Å². The first-order valence-electron chi connectivity index (χ1n) is 5.80. The average Bonchev–Trinajstić information content (AvgIpc) is 2.32. The van der Waals surface area contributed by atoms with E-state index in [4.69, 9.17) is 9.84 Å². The van der Waals surface area contributed by atoms with Gasteiger partial charge in [0.05, 0.1) is 24.5 Å². The van der Waals surface area contributed by atoms with E-state index in [0.717, 1.165) is 0 Å². The number of carboxylic acid groups (broad SMARTS) is 1. The lowest BCUT2D eigenvalue weighted by atomic mass is 9.95. The van der Waals surface area contributed by atoms with E-state index in [-0.39, 0.29) is 18.0 Å². The van der Waals surface area contributed by atoms with Crippen LogP contribution in [0.15, 0.2) is 18.2 Å². The maximum atomic E-state index is 11.0. The minimum atomic E-state index is -0.839. The van der Waals surface area contributed by atoms with E-state index in [1.54, 1.807) is 12.1 Å². The minimum Gasteiger partial charge on any atom is -0.496 e. The van der Waals surface area contributed by atoms with Gasteiger partial charge in [-0.1, -0.05) is 0 Å². The van der Waals surface area contributed by atoms with Crippen molar-refractivity contribution in [3.63, 3.8) is 0 Å². The lowest BCUT2D eigenvalue weighted by Crippen LogP contribution is -2.47. The molecule has 0 unspecified atom stereocenters. The van der Waals surface area contributed by atoms with Crippen LogP contribution >= 0.6 is 0 Å². The Balaban J connectivity index is 2.13. The van der Waals surface area contributed by atoms with Crippen LogP contribution in [0.4, 0.5) is 11.4 Å². The molecule has 1 N–H and O–H groups in total. The molecule has 7 heteroatoms. The Bertz CT molecular complexity index is 511. The number of nitro benzene ring substituents is 1. The summed E-state index contributed by atoms with van der Waals surface area (Å²) in [4.78, 5) is 22.9. The Hall–Kier alpha value is -2.31. The molecule has 7 nitrogen and oxygen atoms in total. The van der Waals surface area contributed by atoms with Gasteiger partial charge in [0.15, 0.2) is 0 Å². The first-order valence-corrected chi connectivity index (χ1v) is 5.80. The molecule has 2 rings (SSSR count). The first kappa shape index (κ1) is 13.1. The molecule has 1 aromatic carbocycles. The Morgan fingerprint density at radius 2 is 2.26 bits per heavy atom. The van der Waals surface area contributed by atoms with Gasteiger partial charge in [0.2, 0.25) is 0 Å². The molecule has 102 valence electrons. The molecular formula is C12H14N2O5. The Morgan fingerprint density at radius 1 is 1.58 bits per heavy atom. The summed E-state index contributed by atoms with van der Waals surface area (Å²) in [5.74, 6) is -0.355. The van der Waals surface area contributed by atoms with Crippen LogP contribution in [0.3, 0.4) is 0 Å². The SMILES string of the molecule is COc1ccc(N2CC(CC(=O)O)C2)c([N+](=O)[O-])c1. The van der Waals surface area contributed by atoms with Crippen molar-refractivity contribution in [1.82, 2.24) is 0 Å². The molecule has 1 heterocycles. The molecule has 0 saturated carbocycles. The summed E-state index contributed by atoms with van der Waals surface area (Å²) in [5, 5.41) is 19.7. The van der Waals surface area contributed by atoms with Gasteiger partial charge in [-0.05, 0) is 12.1 Å². The minimum absolute atomic E-state index is 0.0203. The zero-order valence-electron chi connectivity index (χ0n) is 10.4. The number of ether oxygens (including phenoxy) is 1. The lowest BCUT2D eigenvalue weighted by molar-refractivity contribution is -0.384. The summed E-state index contributed by atoms with van der Waals surface area (Å²) in [7, 11) is 1.45. The van der Waals surface area contributed by atoms with Crippen molar-refractivity contribution >= 4 is 17.3 Å². The van der Waals surface area contributed by atoms with Crippen LogP contribution in [0.2, 0.25) is 0 Å². The van der Waals surface area contributed by atoms with E-state index >= 15 is 0 Å². The van der Waals surface area contributed by atoms with Crippen LogP contribution in [-0.2, 0) is 4.79 Å². The fourth-order valence-corrected chi connectivity index (χ4v) is 2.19. The summed E-state index contributed by atoms with van der Waals surface area (Å²) in [5.41, 5.74) is 0.487. The maximum absolute atomic E-state index is 11.0. The smallest absolute Gasteiger partial charge is 0.303 e. The number of benzene rings is 1. The number of anilines is 1. The van der Waals surface area contributed by atoms with Gasteiger partial charge in [-0.3, -0.25) is 14.9 Å². The van der Waals surface area contributed by atoms with Crippen LogP contribution in [0, 0.1) is 16.0 Å². The number of nitrogens with zero attached hydrogens (tertiary/aromatic N) is 2. The van der Waals surface area contributed by atoms with Crippen LogP contribution in [0.25, 0.3) is 0 Å². The van der Waals surface area contributed by atoms with Crippen molar-refractivity contribution in [2.45, 2.75) is 6.42 Å². The number of carbonyl (C=O) groups is 1. The summed E-state index contributed by atoms with van der Waals surface area (Å²) in [6, 6.07) is 4.67. The zero-order valence-corrected chi connectivity index (χ0v) is 10.4. The summed E-state index contributed by atoms with van der Waals surface area (Å²) < 4.78 is 4.96. The van der Waals surface area contributed by atoms with E-state index in [0.29, 0.717) is 24.5 Å². The predicted octanol–water partition coefficient (Wildman–Crippen LogP) is 1.51. The number of nitro groups is 1. The van der Waals surface area contributed by atoms with Crippen LogP contribution in [0.5, 0.6) is 5.75 Å². The molecule has 1 aromatic rings. The fourth-order valence-electron chi connectivity index (χ4n) is 2.19. The molecular weight excluding hydrogens is 252 g/mol. The highest BCUT2D eigenvalue weighted by atomic mass is 16.6. The van der Waals surface area contributed by atoms with Gasteiger partial charge < -0.3 is 14.7 Å². The topological polar surface area (TPSA) is 92.9 Å². The number of methoxy groups -OCH3 is 1. The molecule has 0 radical (unpaired) electrons. The third-order valence-electron chi connectivity index (χ3n) is 3.14. The van der Waals surface area contributed by atoms with E-state index in [1.165, 1.54) is 13.2 Å². The fraction of sp³-hybridized carbons (Fsp3) is 0.417. The number of rotatable bonds is 5. The molecule has 19 heavy (non-hydrogen) atoms. The third kappa shape index (κ3) is 2.75. The molecule has 1 saturated heterocycles. The number of hydrogen-bond donors (Lipinski definition) is 1. The lowest BCUT2D eigenvalue weighted by Gasteiger charge is -2.40. The predicted molar refractivity (Wildman–Crippen MR) is 67.6 cm³/mol. The second kappa shape index (κ2) is 5.13. The van der Waals surface area contributed by atoms with E-state index in [9.17, 15) is 14.9 Å². The van der Waals surface area contributed by atoms with Crippen LogP contribution in [0.1, 0.15) is 6.42 Å². The summed E-state index contributed by atoms with van der Waals surface area (Å²) in [6.07, 6.45) is 0.0977. The van der Waals surface area contributed by atoms with E-state index in [2.05, 4.69) is 0 Å². The Labute approximate surface area is 109 Å². The summed E-state index contributed by atoms with van der Waals surface area (Å²) >= 11 is 0. The van der Waals surface area contributed by atoms with Gasteiger partial charge in [-0.2, -0.15) is 0 Å². The summed E-state index contributed by atoms with van der Waals surface area (Å²) in [6.45, 7) is 1.05. The Kier molecular flexibility index (Phi) is 3.55. The Morgan fingerprint density at radius 3 is 2.79 bits per heavy atom. The van der Waals surface area contributed by atoms with Gasteiger partial charge >= 0.3 is 5.97 Å². The molecule has 1 fully saturated rings. The maximum Gasteiger partial charge on any atom is 0.303 e. The molecule has 0 amide bonds. The molecule has 0 aromatic heterocycles. The third-order valence-corrected chi connectivity index (χ3v) is 3.14. The largest absolute Gasteiger partial charge is 0.496 e. The van der Waals surface area contributed by atoms with E-state index in [1.807, 2.05) is 4.90 Å². The van der Waals surface area contributed by atoms with Gasteiger partial charge in [0, 0.05) is 19.0 Å². The van der Waals surface area contributed by atoms with Crippen molar-refractivity contribution in [2.24, 2.45) is 5.92 Å². The van der Waals surface area contributed by atoms with E-state index < -0.39 is 10.9 Å². The number of aliphatic carboxylic acids is 1. The van der Waals surface area contributed by atoms with Gasteiger partial charge in [0.1, 0.15) is 11.4 Å². The molecule has 0 atom stereocenters. The molecule has 1 aliphatic rings. The van der Waals surface area contributed by atoms with Crippen molar-refractivity contribution in [3.05, 3.63) is 28.3 Å².